The third-order valence-electron chi connectivity index (χ3n) is 3.20. The lowest BCUT2D eigenvalue weighted by Gasteiger charge is -2.03. The van der Waals surface area contributed by atoms with Crippen molar-refractivity contribution in [2.75, 3.05) is 0 Å². The van der Waals surface area contributed by atoms with Gasteiger partial charge in [0, 0.05) is 25.2 Å². The molecule has 0 aliphatic rings. The number of fused-ring (bicyclic) bond motifs is 1. The van der Waals surface area contributed by atoms with Crippen molar-refractivity contribution in [3.8, 4) is 11.3 Å². The summed E-state index contributed by atoms with van der Waals surface area (Å²) in [5, 5.41) is 4.92. The van der Waals surface area contributed by atoms with E-state index in [4.69, 9.17) is 0 Å². The normalized spacial score (nSPS) is 11.0. The van der Waals surface area contributed by atoms with Crippen molar-refractivity contribution in [3.05, 3.63) is 52.9 Å². The Hall–Kier alpha value is -2.36. The van der Waals surface area contributed by atoms with E-state index >= 15 is 0 Å². The molecule has 0 saturated heterocycles. The molecule has 1 aromatic carbocycles. The first-order valence-electron chi connectivity index (χ1n) is 5.75. The molecule has 3 rings (SSSR count). The topological polar surface area (TPSA) is 39.8 Å². The van der Waals surface area contributed by atoms with Crippen molar-refractivity contribution in [1.82, 2.24) is 14.3 Å². The summed E-state index contributed by atoms with van der Waals surface area (Å²) in [7, 11) is 3.57. The number of rotatable bonds is 1. The number of aromatic nitrogens is 3. The highest BCUT2D eigenvalue weighted by atomic mass is 16.1. The Morgan fingerprint density at radius 3 is 2.56 bits per heavy atom. The first-order valence-corrected chi connectivity index (χ1v) is 5.75. The standard InChI is InChI=1S/C14H13N3O/c1-16-12(10-6-4-3-5-7-10)8-11-9-15-17(2)14(18)13(11)16/h3-9H,1-2H3. The van der Waals surface area contributed by atoms with Crippen LogP contribution in [0.3, 0.4) is 0 Å². The summed E-state index contributed by atoms with van der Waals surface area (Å²) < 4.78 is 3.28. The number of benzene rings is 1. The summed E-state index contributed by atoms with van der Waals surface area (Å²) in [6.45, 7) is 0. The van der Waals surface area contributed by atoms with E-state index in [1.807, 2.05) is 48.0 Å². The minimum atomic E-state index is -0.0721. The van der Waals surface area contributed by atoms with Crippen LogP contribution in [0.25, 0.3) is 22.2 Å². The lowest BCUT2D eigenvalue weighted by Crippen LogP contribution is -2.20. The van der Waals surface area contributed by atoms with Crippen molar-refractivity contribution < 1.29 is 0 Å². The number of aryl methyl sites for hydroxylation is 2. The molecule has 0 spiro atoms. The largest absolute Gasteiger partial charge is 0.339 e. The van der Waals surface area contributed by atoms with Crippen molar-refractivity contribution in [3.63, 3.8) is 0 Å². The van der Waals surface area contributed by atoms with Crippen LogP contribution in [0.5, 0.6) is 0 Å². The summed E-state index contributed by atoms with van der Waals surface area (Å²) in [6.07, 6.45) is 1.73. The molecule has 0 bridgehead atoms. The van der Waals surface area contributed by atoms with Gasteiger partial charge < -0.3 is 4.57 Å². The summed E-state index contributed by atoms with van der Waals surface area (Å²) in [5.41, 5.74) is 2.73. The highest BCUT2D eigenvalue weighted by Crippen LogP contribution is 2.24. The molecule has 0 aliphatic heterocycles. The van der Waals surface area contributed by atoms with Gasteiger partial charge in [0.2, 0.25) is 0 Å². The quantitative estimate of drug-likeness (QED) is 0.651. The Balaban J connectivity index is 2.37. The summed E-state index contributed by atoms with van der Waals surface area (Å²) in [5.74, 6) is 0. The SMILES string of the molecule is Cn1ncc2cc(-c3ccccc3)n(C)c2c1=O. The summed E-state index contributed by atoms with van der Waals surface area (Å²) in [6, 6.07) is 12.0. The zero-order chi connectivity index (χ0) is 12.7. The van der Waals surface area contributed by atoms with E-state index in [1.165, 1.54) is 4.68 Å². The Bertz CT molecular complexity index is 769. The smallest absolute Gasteiger partial charge is 0.290 e. The zero-order valence-corrected chi connectivity index (χ0v) is 10.3. The molecule has 4 nitrogen and oxygen atoms in total. The molecular weight excluding hydrogens is 226 g/mol. The van der Waals surface area contributed by atoms with E-state index in [1.54, 1.807) is 13.2 Å². The molecule has 4 heteroatoms. The van der Waals surface area contributed by atoms with Gasteiger partial charge >= 0.3 is 0 Å². The summed E-state index contributed by atoms with van der Waals surface area (Å²) >= 11 is 0. The molecular formula is C14H13N3O. The average molecular weight is 239 g/mol. The van der Waals surface area contributed by atoms with Crippen LogP contribution in [-0.2, 0) is 14.1 Å². The lowest BCUT2D eigenvalue weighted by atomic mass is 10.1. The van der Waals surface area contributed by atoms with Crippen LogP contribution in [-0.4, -0.2) is 14.3 Å². The van der Waals surface area contributed by atoms with E-state index in [0.717, 1.165) is 16.6 Å². The highest BCUT2D eigenvalue weighted by molar-refractivity contribution is 5.85. The Morgan fingerprint density at radius 2 is 1.83 bits per heavy atom. The van der Waals surface area contributed by atoms with Crippen LogP contribution < -0.4 is 5.56 Å². The van der Waals surface area contributed by atoms with E-state index < -0.39 is 0 Å². The van der Waals surface area contributed by atoms with Crippen molar-refractivity contribution >= 4 is 10.9 Å². The second-order valence-corrected chi connectivity index (χ2v) is 4.33. The van der Waals surface area contributed by atoms with Gasteiger partial charge in [-0.25, -0.2) is 4.68 Å². The van der Waals surface area contributed by atoms with Crippen molar-refractivity contribution in [1.29, 1.82) is 0 Å². The van der Waals surface area contributed by atoms with E-state index in [0.29, 0.717) is 5.52 Å². The van der Waals surface area contributed by atoms with Gasteiger partial charge in [-0.3, -0.25) is 4.79 Å². The van der Waals surface area contributed by atoms with Gasteiger partial charge in [0.25, 0.3) is 5.56 Å². The second-order valence-electron chi connectivity index (χ2n) is 4.33. The molecule has 0 atom stereocenters. The van der Waals surface area contributed by atoms with Gasteiger partial charge in [-0.2, -0.15) is 5.10 Å². The molecule has 3 aromatic rings. The van der Waals surface area contributed by atoms with E-state index in [9.17, 15) is 4.79 Å². The molecule has 0 amide bonds. The molecule has 0 saturated carbocycles. The van der Waals surface area contributed by atoms with Crippen LogP contribution >= 0.6 is 0 Å². The Kier molecular flexibility index (Phi) is 2.30. The fraction of sp³-hybridized carbons (Fsp3) is 0.143. The number of hydrogen-bond donors (Lipinski definition) is 0. The Morgan fingerprint density at radius 1 is 1.11 bits per heavy atom. The molecule has 2 heterocycles. The molecule has 18 heavy (non-hydrogen) atoms. The van der Waals surface area contributed by atoms with Crippen LogP contribution in [0, 0.1) is 0 Å². The van der Waals surface area contributed by atoms with E-state index in [-0.39, 0.29) is 5.56 Å². The fourth-order valence-electron chi connectivity index (χ4n) is 2.23. The first-order chi connectivity index (χ1) is 8.68. The molecule has 0 N–H and O–H groups in total. The second kappa shape index (κ2) is 3.84. The zero-order valence-electron chi connectivity index (χ0n) is 10.3. The minimum Gasteiger partial charge on any atom is -0.339 e. The van der Waals surface area contributed by atoms with Gasteiger partial charge in [0.15, 0.2) is 0 Å². The average Bonchev–Trinajstić information content (AvgIpc) is 2.73. The molecule has 0 unspecified atom stereocenters. The molecule has 0 radical (unpaired) electrons. The lowest BCUT2D eigenvalue weighted by molar-refractivity contribution is 0.712. The minimum absolute atomic E-state index is 0.0721. The van der Waals surface area contributed by atoms with Gasteiger partial charge in [-0.1, -0.05) is 30.3 Å². The van der Waals surface area contributed by atoms with Crippen molar-refractivity contribution in [2.24, 2.45) is 14.1 Å². The summed E-state index contributed by atoms with van der Waals surface area (Å²) in [4.78, 5) is 12.1. The monoisotopic (exact) mass is 239 g/mol. The number of nitrogens with zero attached hydrogens (tertiary/aromatic N) is 3. The van der Waals surface area contributed by atoms with Crippen LogP contribution in [0.15, 0.2) is 47.4 Å². The van der Waals surface area contributed by atoms with Gasteiger partial charge in [0.05, 0.1) is 6.20 Å². The van der Waals surface area contributed by atoms with Crippen molar-refractivity contribution in [2.45, 2.75) is 0 Å². The maximum absolute atomic E-state index is 12.1. The van der Waals surface area contributed by atoms with Crippen LogP contribution in [0.1, 0.15) is 0 Å². The first kappa shape index (κ1) is 10.8. The third kappa shape index (κ3) is 1.46. The van der Waals surface area contributed by atoms with Crippen LogP contribution in [0.4, 0.5) is 0 Å². The molecule has 2 aromatic heterocycles. The fourth-order valence-corrected chi connectivity index (χ4v) is 2.23. The van der Waals surface area contributed by atoms with E-state index in [2.05, 4.69) is 5.10 Å². The third-order valence-corrected chi connectivity index (χ3v) is 3.20. The predicted octanol–water partition coefficient (Wildman–Crippen LogP) is 1.94. The molecule has 0 fully saturated rings. The van der Waals surface area contributed by atoms with Gasteiger partial charge in [0.1, 0.15) is 5.52 Å². The van der Waals surface area contributed by atoms with Gasteiger partial charge in [-0.05, 0) is 11.6 Å². The number of hydrogen-bond acceptors (Lipinski definition) is 2. The highest BCUT2D eigenvalue weighted by Gasteiger charge is 2.11. The van der Waals surface area contributed by atoms with Crippen LogP contribution in [0.2, 0.25) is 0 Å². The maximum atomic E-state index is 12.1. The molecule has 90 valence electrons. The van der Waals surface area contributed by atoms with Gasteiger partial charge in [-0.15, -0.1) is 0 Å². The predicted molar refractivity (Wildman–Crippen MR) is 71.4 cm³/mol. The molecule has 0 aliphatic carbocycles. The Labute approximate surface area is 104 Å². The maximum Gasteiger partial charge on any atom is 0.290 e.